The Morgan fingerprint density at radius 3 is 2.52 bits per heavy atom. The summed E-state index contributed by atoms with van der Waals surface area (Å²) in [5.74, 6) is -0.167. The van der Waals surface area contributed by atoms with Crippen LogP contribution in [0, 0.1) is 6.92 Å². The maximum Gasteiger partial charge on any atom is 0.248 e. The van der Waals surface area contributed by atoms with E-state index in [1.165, 1.54) is 6.08 Å². The third-order valence-corrected chi connectivity index (χ3v) is 4.16. The summed E-state index contributed by atoms with van der Waals surface area (Å²) >= 11 is 1.61. The summed E-state index contributed by atoms with van der Waals surface area (Å²) in [6, 6.07) is 11.4. The zero-order valence-corrected chi connectivity index (χ0v) is 13.4. The molecule has 2 aromatic heterocycles. The van der Waals surface area contributed by atoms with Crippen molar-refractivity contribution < 1.29 is 4.79 Å². The zero-order valence-electron chi connectivity index (χ0n) is 12.6. The number of thiazole rings is 1. The first kappa shape index (κ1) is 15.1. The number of amides is 1. The predicted octanol–water partition coefficient (Wildman–Crippen LogP) is 4.17. The Morgan fingerprint density at radius 2 is 1.87 bits per heavy atom. The van der Waals surface area contributed by atoms with Crippen molar-refractivity contribution in [1.29, 1.82) is 0 Å². The number of hydrogen-bond donors (Lipinski definition) is 1. The summed E-state index contributed by atoms with van der Waals surface area (Å²) in [5, 5.41) is 5.84. The van der Waals surface area contributed by atoms with E-state index >= 15 is 0 Å². The lowest BCUT2D eigenvalue weighted by Crippen LogP contribution is -2.07. The van der Waals surface area contributed by atoms with E-state index in [4.69, 9.17) is 0 Å². The first-order valence-electron chi connectivity index (χ1n) is 7.12. The summed E-state index contributed by atoms with van der Waals surface area (Å²) in [7, 11) is 0. The van der Waals surface area contributed by atoms with Crippen molar-refractivity contribution >= 4 is 29.0 Å². The van der Waals surface area contributed by atoms with Crippen LogP contribution in [0.2, 0.25) is 0 Å². The summed E-state index contributed by atoms with van der Waals surface area (Å²) in [6.45, 7) is 1.98. The Morgan fingerprint density at radius 1 is 1.13 bits per heavy atom. The average Bonchev–Trinajstić information content (AvgIpc) is 3.01. The number of carbonyl (C=O) groups excluding carboxylic acids is 1. The number of hydrogen-bond acceptors (Lipinski definition) is 4. The monoisotopic (exact) mass is 321 g/mol. The number of anilines is 1. The van der Waals surface area contributed by atoms with E-state index in [0.29, 0.717) is 0 Å². The van der Waals surface area contributed by atoms with Crippen molar-refractivity contribution in [2.45, 2.75) is 6.92 Å². The fourth-order valence-corrected chi connectivity index (χ4v) is 2.82. The topological polar surface area (TPSA) is 54.9 Å². The minimum atomic E-state index is -0.167. The molecule has 1 aromatic carbocycles. The van der Waals surface area contributed by atoms with Crippen LogP contribution < -0.4 is 5.32 Å². The van der Waals surface area contributed by atoms with Crippen LogP contribution in [-0.4, -0.2) is 15.9 Å². The first-order valence-corrected chi connectivity index (χ1v) is 8.00. The molecule has 3 rings (SSSR count). The molecule has 2 heterocycles. The van der Waals surface area contributed by atoms with Gasteiger partial charge in [-0.1, -0.05) is 0 Å². The molecule has 0 aliphatic heterocycles. The molecule has 0 fully saturated rings. The average molecular weight is 321 g/mol. The van der Waals surface area contributed by atoms with E-state index in [1.807, 2.05) is 48.7 Å². The van der Waals surface area contributed by atoms with Crippen LogP contribution in [0.25, 0.3) is 16.6 Å². The van der Waals surface area contributed by atoms with Crippen LogP contribution >= 0.6 is 11.3 Å². The molecule has 0 aliphatic carbocycles. The third-order valence-electron chi connectivity index (χ3n) is 3.15. The van der Waals surface area contributed by atoms with Crippen molar-refractivity contribution in [3.8, 4) is 10.6 Å². The fraction of sp³-hybridized carbons (Fsp3) is 0.0556. The Hall–Kier alpha value is -2.79. The molecular formula is C18H15N3OS. The standard InChI is InChI=1S/C18H15N3OS/c1-13-12-23-18(20-13)15-3-5-16(6-4-15)21-17(22)7-2-14-8-10-19-11-9-14/h2-12H,1H3,(H,21,22)/b7-2+. The molecule has 0 saturated carbocycles. The van der Waals surface area contributed by atoms with Gasteiger partial charge in [0.1, 0.15) is 5.01 Å². The smallest absolute Gasteiger partial charge is 0.248 e. The van der Waals surface area contributed by atoms with Gasteiger partial charge < -0.3 is 5.32 Å². The van der Waals surface area contributed by atoms with Crippen molar-refractivity contribution in [2.75, 3.05) is 5.32 Å². The number of aromatic nitrogens is 2. The summed E-state index contributed by atoms with van der Waals surface area (Å²) in [6.07, 6.45) is 6.64. The molecular weight excluding hydrogens is 306 g/mol. The second-order valence-corrected chi connectivity index (χ2v) is 5.83. The second-order valence-electron chi connectivity index (χ2n) is 4.97. The highest BCUT2D eigenvalue weighted by atomic mass is 32.1. The van der Waals surface area contributed by atoms with Crippen LogP contribution in [0.5, 0.6) is 0 Å². The van der Waals surface area contributed by atoms with Crippen molar-refractivity contribution in [3.05, 3.63) is 71.5 Å². The van der Waals surface area contributed by atoms with E-state index in [9.17, 15) is 4.79 Å². The highest BCUT2D eigenvalue weighted by molar-refractivity contribution is 7.13. The van der Waals surface area contributed by atoms with Gasteiger partial charge in [0.25, 0.3) is 0 Å². The molecule has 1 N–H and O–H groups in total. The number of pyridine rings is 1. The Kier molecular flexibility index (Phi) is 4.59. The maximum absolute atomic E-state index is 11.9. The molecule has 23 heavy (non-hydrogen) atoms. The third kappa shape index (κ3) is 4.11. The number of aryl methyl sites for hydroxylation is 1. The SMILES string of the molecule is Cc1csc(-c2ccc(NC(=O)/C=C/c3ccncc3)cc2)n1. The lowest BCUT2D eigenvalue weighted by atomic mass is 10.2. The van der Waals surface area contributed by atoms with Crippen LogP contribution in [0.3, 0.4) is 0 Å². The lowest BCUT2D eigenvalue weighted by Gasteiger charge is -2.03. The zero-order chi connectivity index (χ0) is 16.1. The van der Waals surface area contributed by atoms with Gasteiger partial charge in [-0.2, -0.15) is 0 Å². The molecule has 0 saturated heterocycles. The van der Waals surface area contributed by atoms with Crippen LogP contribution in [0.4, 0.5) is 5.69 Å². The van der Waals surface area contributed by atoms with Crippen LogP contribution in [0.1, 0.15) is 11.3 Å². The Labute approximate surface area is 138 Å². The molecule has 0 radical (unpaired) electrons. The molecule has 0 spiro atoms. The Balaban J connectivity index is 1.64. The Bertz CT molecular complexity index is 823. The molecule has 0 atom stereocenters. The number of nitrogens with zero attached hydrogens (tertiary/aromatic N) is 2. The molecule has 4 nitrogen and oxygen atoms in total. The van der Waals surface area contributed by atoms with E-state index in [1.54, 1.807) is 29.8 Å². The van der Waals surface area contributed by atoms with Gasteiger partial charge in [-0.15, -0.1) is 11.3 Å². The summed E-state index contributed by atoms with van der Waals surface area (Å²) in [5.41, 5.74) is 3.76. The normalized spacial score (nSPS) is 10.8. The van der Waals surface area contributed by atoms with Crippen LogP contribution in [-0.2, 0) is 4.79 Å². The second kappa shape index (κ2) is 6.98. The first-order chi connectivity index (χ1) is 11.2. The molecule has 1 amide bonds. The summed E-state index contributed by atoms with van der Waals surface area (Å²) < 4.78 is 0. The number of benzene rings is 1. The van der Waals surface area contributed by atoms with Crippen molar-refractivity contribution in [2.24, 2.45) is 0 Å². The van der Waals surface area contributed by atoms with Gasteiger partial charge in [0.15, 0.2) is 0 Å². The lowest BCUT2D eigenvalue weighted by molar-refractivity contribution is -0.111. The van der Waals surface area contributed by atoms with E-state index in [0.717, 1.165) is 27.5 Å². The highest BCUT2D eigenvalue weighted by Gasteiger charge is 2.03. The van der Waals surface area contributed by atoms with E-state index < -0.39 is 0 Å². The molecule has 5 heteroatoms. The van der Waals surface area contributed by atoms with Gasteiger partial charge in [-0.25, -0.2) is 4.98 Å². The molecule has 0 unspecified atom stereocenters. The van der Waals surface area contributed by atoms with E-state index in [-0.39, 0.29) is 5.91 Å². The quantitative estimate of drug-likeness (QED) is 0.734. The maximum atomic E-state index is 11.9. The number of nitrogens with one attached hydrogen (secondary N) is 1. The molecule has 3 aromatic rings. The van der Waals surface area contributed by atoms with Gasteiger partial charge >= 0.3 is 0 Å². The van der Waals surface area contributed by atoms with Gasteiger partial charge in [-0.3, -0.25) is 9.78 Å². The minimum absolute atomic E-state index is 0.167. The van der Waals surface area contributed by atoms with E-state index in [2.05, 4.69) is 15.3 Å². The largest absolute Gasteiger partial charge is 0.323 e. The molecule has 0 bridgehead atoms. The predicted molar refractivity (Wildman–Crippen MR) is 94.2 cm³/mol. The number of rotatable bonds is 4. The van der Waals surface area contributed by atoms with Gasteiger partial charge in [0.2, 0.25) is 5.91 Å². The molecule has 0 aliphatic rings. The summed E-state index contributed by atoms with van der Waals surface area (Å²) in [4.78, 5) is 20.3. The van der Waals surface area contributed by atoms with Gasteiger partial charge in [-0.05, 0) is 55.0 Å². The van der Waals surface area contributed by atoms with Gasteiger partial charge in [0.05, 0.1) is 0 Å². The minimum Gasteiger partial charge on any atom is -0.323 e. The number of carbonyl (C=O) groups is 1. The van der Waals surface area contributed by atoms with Gasteiger partial charge in [0, 0.05) is 40.8 Å². The van der Waals surface area contributed by atoms with Crippen molar-refractivity contribution in [3.63, 3.8) is 0 Å². The highest BCUT2D eigenvalue weighted by Crippen LogP contribution is 2.24. The van der Waals surface area contributed by atoms with Crippen LogP contribution in [0.15, 0.2) is 60.2 Å². The fourth-order valence-electron chi connectivity index (χ4n) is 2.01. The molecule has 114 valence electrons. The van der Waals surface area contributed by atoms with Crippen molar-refractivity contribution in [1.82, 2.24) is 9.97 Å².